The van der Waals surface area contributed by atoms with Gasteiger partial charge in [0.25, 0.3) is 0 Å². The van der Waals surface area contributed by atoms with Crippen molar-refractivity contribution >= 4 is 12.2 Å². The summed E-state index contributed by atoms with van der Waals surface area (Å²) >= 11 is 0. The smallest absolute Gasteiger partial charge is 0.00846 e. The van der Waals surface area contributed by atoms with Gasteiger partial charge in [0.1, 0.15) is 0 Å². The molecule has 114 valence electrons. The molecule has 0 fully saturated rings. The highest BCUT2D eigenvalue weighted by molar-refractivity contribution is 5.84. The molecular weight excluding hydrogens is 276 g/mol. The lowest BCUT2D eigenvalue weighted by atomic mass is 9.84. The SMILES string of the molecule is CC1(C)C=Cc2cc3c(cc21)Cc1cc2c(cc1-3)C=CC2(C)C. The molecule has 0 saturated carbocycles. The van der Waals surface area contributed by atoms with Crippen LogP contribution in [0.25, 0.3) is 23.3 Å². The highest BCUT2D eigenvalue weighted by Crippen LogP contribution is 2.47. The van der Waals surface area contributed by atoms with Crippen molar-refractivity contribution < 1.29 is 0 Å². The molecule has 0 aromatic heterocycles. The summed E-state index contributed by atoms with van der Waals surface area (Å²) in [7, 11) is 0. The minimum atomic E-state index is 0.172. The Labute approximate surface area is 138 Å². The number of allylic oxidation sites excluding steroid dienone is 2. The van der Waals surface area contributed by atoms with Gasteiger partial charge in [-0.05, 0) is 63.1 Å². The van der Waals surface area contributed by atoms with Crippen LogP contribution in [0, 0.1) is 0 Å². The summed E-state index contributed by atoms with van der Waals surface area (Å²) in [5.41, 5.74) is 12.0. The van der Waals surface area contributed by atoms with E-state index in [2.05, 4.69) is 76.3 Å². The lowest BCUT2D eigenvalue weighted by Crippen LogP contribution is -2.11. The molecule has 0 atom stereocenters. The van der Waals surface area contributed by atoms with E-state index in [4.69, 9.17) is 0 Å². The molecule has 0 heteroatoms. The zero-order valence-electron chi connectivity index (χ0n) is 14.3. The van der Waals surface area contributed by atoms with Crippen LogP contribution >= 0.6 is 0 Å². The van der Waals surface area contributed by atoms with Crippen molar-refractivity contribution in [3.05, 3.63) is 69.8 Å². The van der Waals surface area contributed by atoms with E-state index < -0.39 is 0 Å². The van der Waals surface area contributed by atoms with Crippen molar-refractivity contribution in [2.24, 2.45) is 0 Å². The van der Waals surface area contributed by atoms with Crippen molar-refractivity contribution in [3.63, 3.8) is 0 Å². The second kappa shape index (κ2) is 3.87. The Balaban J connectivity index is 1.72. The maximum Gasteiger partial charge on any atom is 0.00846 e. The van der Waals surface area contributed by atoms with Crippen LogP contribution in [-0.2, 0) is 17.3 Å². The van der Waals surface area contributed by atoms with Crippen LogP contribution in [0.5, 0.6) is 0 Å². The summed E-state index contributed by atoms with van der Waals surface area (Å²) in [5, 5.41) is 0. The molecule has 0 saturated heterocycles. The molecule has 5 rings (SSSR count). The van der Waals surface area contributed by atoms with Crippen LogP contribution in [0.4, 0.5) is 0 Å². The normalized spacial score (nSPS) is 20.3. The van der Waals surface area contributed by atoms with Gasteiger partial charge in [0.15, 0.2) is 0 Å². The number of rotatable bonds is 0. The van der Waals surface area contributed by atoms with Gasteiger partial charge in [-0.25, -0.2) is 0 Å². The predicted octanol–water partition coefficient (Wildman–Crippen LogP) is 5.87. The van der Waals surface area contributed by atoms with Gasteiger partial charge in [-0.1, -0.05) is 64.1 Å². The fourth-order valence-corrected chi connectivity index (χ4v) is 4.49. The summed E-state index contributed by atoms with van der Waals surface area (Å²) < 4.78 is 0. The number of hydrogen-bond acceptors (Lipinski definition) is 0. The molecule has 0 bridgehead atoms. The highest BCUT2D eigenvalue weighted by Gasteiger charge is 2.31. The van der Waals surface area contributed by atoms with Crippen LogP contribution in [0.1, 0.15) is 61.1 Å². The molecule has 0 N–H and O–H groups in total. The standard InChI is InChI=1S/C23H22/c1-22(2)7-5-14-10-18-16(12-20(14)22)9-17-13-21-15(11-19(17)18)6-8-23(21,3)4/h5-8,10-13H,9H2,1-4H3. The highest BCUT2D eigenvalue weighted by atomic mass is 14.4. The topological polar surface area (TPSA) is 0 Å². The van der Waals surface area contributed by atoms with E-state index in [-0.39, 0.29) is 10.8 Å². The third kappa shape index (κ3) is 1.67. The molecule has 3 aliphatic rings. The van der Waals surface area contributed by atoms with Crippen molar-refractivity contribution in [1.29, 1.82) is 0 Å². The zero-order valence-corrected chi connectivity index (χ0v) is 14.3. The lowest BCUT2D eigenvalue weighted by Gasteiger charge is -2.19. The Morgan fingerprint density at radius 3 is 1.52 bits per heavy atom. The van der Waals surface area contributed by atoms with Crippen LogP contribution in [0.3, 0.4) is 0 Å². The Morgan fingerprint density at radius 2 is 1.09 bits per heavy atom. The van der Waals surface area contributed by atoms with E-state index in [0.29, 0.717) is 0 Å². The van der Waals surface area contributed by atoms with Crippen molar-refractivity contribution in [2.75, 3.05) is 0 Å². The molecule has 0 radical (unpaired) electrons. The van der Waals surface area contributed by atoms with Crippen LogP contribution in [0.15, 0.2) is 36.4 Å². The van der Waals surface area contributed by atoms with Crippen LogP contribution < -0.4 is 0 Å². The van der Waals surface area contributed by atoms with Gasteiger partial charge in [0.2, 0.25) is 0 Å². The molecule has 0 amide bonds. The van der Waals surface area contributed by atoms with Crippen LogP contribution in [-0.4, -0.2) is 0 Å². The summed E-state index contributed by atoms with van der Waals surface area (Å²) in [6.07, 6.45) is 10.3. The van der Waals surface area contributed by atoms with Gasteiger partial charge < -0.3 is 0 Å². The lowest BCUT2D eigenvalue weighted by molar-refractivity contribution is 0.682. The fourth-order valence-electron chi connectivity index (χ4n) is 4.49. The molecule has 23 heavy (non-hydrogen) atoms. The second-order valence-electron chi connectivity index (χ2n) is 8.48. The van der Waals surface area contributed by atoms with E-state index in [1.807, 2.05) is 0 Å². The summed E-state index contributed by atoms with van der Waals surface area (Å²) in [6, 6.07) is 9.74. The van der Waals surface area contributed by atoms with Gasteiger partial charge in [0.05, 0.1) is 0 Å². The van der Waals surface area contributed by atoms with E-state index >= 15 is 0 Å². The monoisotopic (exact) mass is 298 g/mol. The molecule has 0 spiro atoms. The first-order valence-electron chi connectivity index (χ1n) is 8.59. The summed E-state index contributed by atoms with van der Waals surface area (Å²) in [4.78, 5) is 0. The third-order valence-corrected chi connectivity index (χ3v) is 5.97. The van der Waals surface area contributed by atoms with E-state index in [9.17, 15) is 0 Å². The van der Waals surface area contributed by atoms with Crippen LogP contribution in [0.2, 0.25) is 0 Å². The molecule has 3 aliphatic carbocycles. The molecule has 0 nitrogen and oxygen atoms in total. The minimum Gasteiger partial charge on any atom is -0.0739 e. The van der Waals surface area contributed by atoms with Crippen molar-refractivity contribution in [1.82, 2.24) is 0 Å². The maximum absolute atomic E-state index is 2.46. The van der Waals surface area contributed by atoms with Gasteiger partial charge in [-0.15, -0.1) is 0 Å². The molecule has 2 aromatic carbocycles. The third-order valence-electron chi connectivity index (χ3n) is 5.97. The first kappa shape index (κ1) is 13.4. The summed E-state index contributed by atoms with van der Waals surface area (Å²) in [6.45, 7) is 9.24. The fraction of sp³-hybridized carbons (Fsp3) is 0.304. The van der Waals surface area contributed by atoms with Crippen molar-refractivity contribution in [2.45, 2.75) is 44.9 Å². The summed E-state index contributed by atoms with van der Waals surface area (Å²) in [5.74, 6) is 0. The molecular formula is C23H22. The number of hydrogen-bond donors (Lipinski definition) is 0. The first-order chi connectivity index (χ1) is 10.9. The number of fused-ring (bicyclic) bond motifs is 5. The molecule has 0 heterocycles. The van der Waals surface area contributed by atoms with Gasteiger partial charge in [0, 0.05) is 10.8 Å². The van der Waals surface area contributed by atoms with Gasteiger partial charge in [-0.2, -0.15) is 0 Å². The zero-order chi connectivity index (χ0) is 16.0. The maximum atomic E-state index is 2.46. The molecule has 0 unspecified atom stereocenters. The van der Waals surface area contributed by atoms with E-state index in [0.717, 1.165) is 6.42 Å². The largest absolute Gasteiger partial charge is 0.0739 e. The average molecular weight is 298 g/mol. The quantitative estimate of drug-likeness (QED) is 0.487. The number of benzene rings is 2. The Bertz CT molecular complexity index is 855. The predicted molar refractivity (Wildman–Crippen MR) is 98.8 cm³/mol. The molecule has 0 aliphatic heterocycles. The Kier molecular flexibility index (Phi) is 2.25. The van der Waals surface area contributed by atoms with Gasteiger partial charge in [-0.3, -0.25) is 0 Å². The second-order valence-corrected chi connectivity index (χ2v) is 8.48. The van der Waals surface area contributed by atoms with Crippen molar-refractivity contribution in [3.8, 4) is 11.1 Å². The Hall–Kier alpha value is -2.08. The van der Waals surface area contributed by atoms with Gasteiger partial charge >= 0.3 is 0 Å². The van der Waals surface area contributed by atoms with E-state index in [1.54, 1.807) is 0 Å². The first-order valence-corrected chi connectivity index (χ1v) is 8.59. The Morgan fingerprint density at radius 1 is 0.652 bits per heavy atom. The van der Waals surface area contributed by atoms with E-state index in [1.165, 1.54) is 44.5 Å². The minimum absolute atomic E-state index is 0.172. The molecule has 2 aromatic rings. The average Bonchev–Trinajstić information content (AvgIpc) is 3.09.